The molecule has 1 aromatic heterocycles. The molecular formula is C12H15ClN4OS. The number of H-pyrrole nitrogens is 1. The van der Waals surface area contributed by atoms with Crippen molar-refractivity contribution < 1.29 is 4.79 Å². The number of amides is 1. The van der Waals surface area contributed by atoms with Crippen molar-refractivity contribution in [2.75, 3.05) is 11.1 Å². The van der Waals surface area contributed by atoms with E-state index in [1.165, 1.54) is 18.1 Å². The standard InChI is InChI=1S/C12H14N4OS.ClH/c1-8-4-3-5-9(2)11(8)15-10(17)6-18-12-13-7-14-16-12;/h3-5,7H,6H2,1-2H3,(H,15,17)(H,13,14,16);1H. The molecule has 0 saturated heterocycles. The number of thioether (sulfide) groups is 1. The van der Waals surface area contributed by atoms with Crippen molar-refractivity contribution in [1.29, 1.82) is 0 Å². The summed E-state index contributed by atoms with van der Waals surface area (Å²) in [4.78, 5) is 15.8. The van der Waals surface area contributed by atoms with Gasteiger partial charge in [0.15, 0.2) is 5.16 Å². The second kappa shape index (κ2) is 7.16. The summed E-state index contributed by atoms with van der Waals surface area (Å²) < 4.78 is 0. The zero-order valence-electron chi connectivity index (χ0n) is 10.6. The summed E-state index contributed by atoms with van der Waals surface area (Å²) in [6.45, 7) is 3.96. The molecule has 7 heteroatoms. The molecule has 2 rings (SSSR count). The molecule has 0 radical (unpaired) electrons. The number of anilines is 1. The molecule has 0 saturated carbocycles. The Morgan fingerprint density at radius 3 is 2.63 bits per heavy atom. The van der Waals surface area contributed by atoms with Crippen LogP contribution < -0.4 is 5.32 Å². The maximum Gasteiger partial charge on any atom is 0.234 e. The highest BCUT2D eigenvalue weighted by atomic mass is 35.5. The Labute approximate surface area is 122 Å². The molecule has 1 aromatic carbocycles. The first-order valence-electron chi connectivity index (χ1n) is 5.51. The maximum atomic E-state index is 11.8. The summed E-state index contributed by atoms with van der Waals surface area (Å²) in [5.74, 6) is 0.261. The fourth-order valence-electron chi connectivity index (χ4n) is 1.58. The van der Waals surface area contributed by atoms with Crippen molar-refractivity contribution in [3.63, 3.8) is 0 Å². The number of rotatable bonds is 4. The van der Waals surface area contributed by atoms with E-state index in [1.54, 1.807) is 0 Å². The van der Waals surface area contributed by atoms with Crippen LogP contribution in [0.5, 0.6) is 0 Å². The molecule has 0 fully saturated rings. The van der Waals surface area contributed by atoms with Gasteiger partial charge >= 0.3 is 0 Å². The van der Waals surface area contributed by atoms with Crippen molar-refractivity contribution in [2.24, 2.45) is 0 Å². The average molecular weight is 299 g/mol. The van der Waals surface area contributed by atoms with Gasteiger partial charge in [0.1, 0.15) is 6.33 Å². The molecule has 2 N–H and O–H groups in total. The second-order valence-corrected chi connectivity index (χ2v) is 4.86. The predicted molar refractivity (Wildman–Crippen MR) is 78.9 cm³/mol. The molecule has 2 aromatic rings. The van der Waals surface area contributed by atoms with E-state index in [2.05, 4.69) is 20.5 Å². The van der Waals surface area contributed by atoms with Gasteiger partial charge < -0.3 is 5.32 Å². The fraction of sp³-hybridized carbons (Fsp3) is 0.250. The van der Waals surface area contributed by atoms with E-state index < -0.39 is 0 Å². The first kappa shape index (κ1) is 15.5. The number of benzene rings is 1. The zero-order valence-corrected chi connectivity index (χ0v) is 12.3. The van der Waals surface area contributed by atoms with Gasteiger partial charge in [-0.25, -0.2) is 4.98 Å². The Morgan fingerprint density at radius 1 is 1.37 bits per heavy atom. The third kappa shape index (κ3) is 4.25. The smallest absolute Gasteiger partial charge is 0.234 e. The molecule has 5 nitrogen and oxygen atoms in total. The highest BCUT2D eigenvalue weighted by Crippen LogP contribution is 2.20. The van der Waals surface area contributed by atoms with E-state index in [-0.39, 0.29) is 18.3 Å². The lowest BCUT2D eigenvalue weighted by Crippen LogP contribution is -2.15. The summed E-state index contributed by atoms with van der Waals surface area (Å²) >= 11 is 1.32. The number of nitrogens with zero attached hydrogens (tertiary/aromatic N) is 2. The van der Waals surface area contributed by atoms with Crippen LogP contribution in [0.25, 0.3) is 0 Å². The number of hydrogen-bond acceptors (Lipinski definition) is 4. The number of hydrogen-bond donors (Lipinski definition) is 2. The maximum absolute atomic E-state index is 11.8. The van der Waals surface area contributed by atoms with Gasteiger partial charge in [0, 0.05) is 5.69 Å². The molecule has 0 bridgehead atoms. The summed E-state index contributed by atoms with van der Waals surface area (Å²) in [5, 5.41) is 9.99. The number of carbonyl (C=O) groups is 1. The number of halogens is 1. The number of nitrogens with one attached hydrogen (secondary N) is 2. The van der Waals surface area contributed by atoms with Crippen LogP contribution in [0.4, 0.5) is 5.69 Å². The van der Waals surface area contributed by atoms with Crippen molar-refractivity contribution in [2.45, 2.75) is 19.0 Å². The molecule has 0 atom stereocenters. The van der Waals surface area contributed by atoms with Crippen LogP contribution >= 0.6 is 24.2 Å². The van der Waals surface area contributed by atoms with Gasteiger partial charge in [-0.05, 0) is 25.0 Å². The monoisotopic (exact) mass is 298 g/mol. The quantitative estimate of drug-likeness (QED) is 0.851. The van der Waals surface area contributed by atoms with Crippen LogP contribution in [0.1, 0.15) is 11.1 Å². The van der Waals surface area contributed by atoms with E-state index in [9.17, 15) is 4.79 Å². The van der Waals surface area contributed by atoms with Gasteiger partial charge in [-0.2, -0.15) is 5.10 Å². The van der Waals surface area contributed by atoms with Crippen molar-refractivity contribution in [3.8, 4) is 0 Å². The van der Waals surface area contributed by atoms with Gasteiger partial charge in [-0.3, -0.25) is 9.89 Å². The van der Waals surface area contributed by atoms with Crippen LogP contribution in [0.3, 0.4) is 0 Å². The lowest BCUT2D eigenvalue weighted by atomic mass is 10.1. The lowest BCUT2D eigenvalue weighted by molar-refractivity contribution is -0.113. The van der Waals surface area contributed by atoms with E-state index in [4.69, 9.17) is 0 Å². The van der Waals surface area contributed by atoms with Crippen LogP contribution in [0.2, 0.25) is 0 Å². The molecule has 1 amide bonds. The van der Waals surface area contributed by atoms with Crippen LogP contribution in [-0.2, 0) is 4.79 Å². The van der Waals surface area contributed by atoms with Crippen LogP contribution in [0, 0.1) is 13.8 Å². The minimum absolute atomic E-state index is 0. The number of para-hydroxylation sites is 1. The minimum atomic E-state index is -0.0474. The first-order valence-corrected chi connectivity index (χ1v) is 6.49. The van der Waals surface area contributed by atoms with E-state index in [1.807, 2.05) is 32.0 Å². The number of aromatic amines is 1. The van der Waals surface area contributed by atoms with Gasteiger partial charge in [-0.1, -0.05) is 30.0 Å². The molecule has 0 aliphatic heterocycles. The Bertz CT molecular complexity index is 524. The van der Waals surface area contributed by atoms with Gasteiger partial charge in [0.2, 0.25) is 5.91 Å². The fourth-order valence-corrected chi connectivity index (χ4v) is 2.16. The third-order valence-corrected chi connectivity index (χ3v) is 3.36. The average Bonchev–Trinajstić information content (AvgIpc) is 2.84. The van der Waals surface area contributed by atoms with Gasteiger partial charge in [0.05, 0.1) is 5.75 Å². The minimum Gasteiger partial charge on any atom is -0.325 e. The summed E-state index contributed by atoms with van der Waals surface area (Å²) in [6, 6.07) is 5.93. The molecule has 0 aliphatic carbocycles. The molecule has 0 spiro atoms. The molecule has 0 aliphatic rings. The molecule has 19 heavy (non-hydrogen) atoms. The largest absolute Gasteiger partial charge is 0.325 e. The SMILES string of the molecule is Cc1cccc(C)c1NC(=O)CSc1ncn[nH]1.Cl. The Kier molecular flexibility index (Phi) is 5.85. The van der Waals surface area contributed by atoms with E-state index in [0.717, 1.165) is 16.8 Å². The van der Waals surface area contributed by atoms with Gasteiger partial charge in [0.25, 0.3) is 0 Å². The summed E-state index contributed by atoms with van der Waals surface area (Å²) in [6.07, 6.45) is 1.42. The van der Waals surface area contributed by atoms with Crippen molar-refractivity contribution in [1.82, 2.24) is 15.2 Å². The topological polar surface area (TPSA) is 70.7 Å². The van der Waals surface area contributed by atoms with Crippen molar-refractivity contribution in [3.05, 3.63) is 35.7 Å². The normalized spacial score (nSPS) is 9.79. The number of carbonyl (C=O) groups excluding carboxylic acids is 1. The number of aryl methyl sites for hydroxylation is 2. The lowest BCUT2D eigenvalue weighted by Gasteiger charge is -2.10. The summed E-state index contributed by atoms with van der Waals surface area (Å²) in [5.41, 5.74) is 3.02. The molecule has 1 heterocycles. The van der Waals surface area contributed by atoms with Crippen molar-refractivity contribution >= 4 is 35.8 Å². The van der Waals surface area contributed by atoms with E-state index >= 15 is 0 Å². The Morgan fingerprint density at radius 2 is 2.05 bits per heavy atom. The molecule has 0 unspecified atom stereocenters. The number of aromatic nitrogens is 3. The third-order valence-electron chi connectivity index (χ3n) is 2.48. The molecular weight excluding hydrogens is 284 g/mol. The van der Waals surface area contributed by atoms with Crippen LogP contribution in [0.15, 0.2) is 29.7 Å². The van der Waals surface area contributed by atoms with E-state index in [0.29, 0.717) is 10.9 Å². The zero-order chi connectivity index (χ0) is 13.0. The van der Waals surface area contributed by atoms with Gasteiger partial charge in [-0.15, -0.1) is 12.4 Å². The van der Waals surface area contributed by atoms with Crippen LogP contribution in [-0.4, -0.2) is 26.8 Å². The summed E-state index contributed by atoms with van der Waals surface area (Å²) in [7, 11) is 0. The molecule has 102 valence electrons. The first-order chi connectivity index (χ1) is 8.66. The highest BCUT2D eigenvalue weighted by molar-refractivity contribution is 7.99. The second-order valence-electron chi connectivity index (χ2n) is 3.89. The highest BCUT2D eigenvalue weighted by Gasteiger charge is 2.08. The predicted octanol–water partition coefficient (Wildman–Crippen LogP) is 2.57. The Hall–Kier alpha value is -1.53. The Balaban J connectivity index is 0.00000180.